The summed E-state index contributed by atoms with van der Waals surface area (Å²) < 4.78 is 15.3. The van der Waals surface area contributed by atoms with Crippen molar-refractivity contribution in [3.63, 3.8) is 0 Å². The first-order valence-corrected chi connectivity index (χ1v) is 7.85. The van der Waals surface area contributed by atoms with Gasteiger partial charge in [0.2, 0.25) is 0 Å². The van der Waals surface area contributed by atoms with Crippen LogP contribution in [0.2, 0.25) is 0 Å². The van der Waals surface area contributed by atoms with Crippen LogP contribution in [0.1, 0.15) is 22.0 Å². The number of nitrogens with zero attached hydrogens (tertiary/aromatic N) is 1. The summed E-state index contributed by atoms with van der Waals surface area (Å²) in [7, 11) is 2.82. The van der Waals surface area contributed by atoms with Gasteiger partial charge in [-0.25, -0.2) is 9.78 Å². The zero-order valence-corrected chi connectivity index (χ0v) is 14.5. The second-order valence-corrected chi connectivity index (χ2v) is 5.56. The molecule has 0 spiro atoms. The lowest BCUT2D eigenvalue weighted by Crippen LogP contribution is -2.28. The van der Waals surface area contributed by atoms with Crippen molar-refractivity contribution in [2.24, 2.45) is 0 Å². The quantitative estimate of drug-likeness (QED) is 0.519. The molecule has 3 aromatic rings. The molecule has 1 heterocycles. The minimum absolute atomic E-state index is 0.0365. The molecule has 1 aromatic heterocycles. The van der Waals surface area contributed by atoms with Crippen molar-refractivity contribution in [3.05, 3.63) is 64.1 Å². The monoisotopic (exact) mass is 369 g/mol. The Labute approximate surface area is 153 Å². The molecule has 0 radical (unpaired) electrons. The van der Waals surface area contributed by atoms with Crippen molar-refractivity contribution >= 4 is 22.9 Å². The molecule has 0 amide bonds. The minimum Gasteiger partial charge on any atom is -0.493 e. The molecular formula is C19H15NO7. The number of methoxy groups -OCH3 is 2. The van der Waals surface area contributed by atoms with Gasteiger partial charge in [-0.1, -0.05) is 12.1 Å². The second kappa shape index (κ2) is 7.28. The number of benzene rings is 2. The zero-order chi connectivity index (χ0) is 19.6. The van der Waals surface area contributed by atoms with E-state index in [-0.39, 0.29) is 22.4 Å². The molecule has 138 valence electrons. The van der Waals surface area contributed by atoms with E-state index in [9.17, 15) is 19.5 Å². The van der Waals surface area contributed by atoms with Crippen molar-refractivity contribution < 1.29 is 28.6 Å². The molecule has 1 unspecified atom stereocenters. The number of aliphatic carboxylic acids is 1. The van der Waals surface area contributed by atoms with Crippen LogP contribution in [0.15, 0.2) is 51.7 Å². The van der Waals surface area contributed by atoms with Gasteiger partial charge in [0.1, 0.15) is 11.2 Å². The number of para-hydroxylation sites is 2. The number of carbonyl (C=O) groups is 2. The number of carboxylic acids is 1. The number of rotatable bonds is 6. The van der Waals surface area contributed by atoms with E-state index in [0.717, 1.165) is 0 Å². The fraction of sp³-hybridized carbons (Fsp3) is 0.158. The highest BCUT2D eigenvalue weighted by molar-refractivity contribution is 6.12. The van der Waals surface area contributed by atoms with Gasteiger partial charge in [-0.3, -0.25) is 9.59 Å². The summed E-state index contributed by atoms with van der Waals surface area (Å²) in [4.78, 5) is 40.9. The Morgan fingerprint density at radius 3 is 2.44 bits per heavy atom. The van der Waals surface area contributed by atoms with Gasteiger partial charge < -0.3 is 19.0 Å². The predicted octanol–water partition coefficient (Wildman–Crippen LogP) is 2.26. The van der Waals surface area contributed by atoms with E-state index < -0.39 is 29.0 Å². The molecule has 0 aliphatic heterocycles. The normalized spacial score (nSPS) is 11.8. The molecule has 0 fully saturated rings. The number of ketones is 1. The van der Waals surface area contributed by atoms with Gasteiger partial charge in [-0.15, -0.1) is 0 Å². The molecule has 0 aliphatic rings. The predicted molar refractivity (Wildman–Crippen MR) is 94.5 cm³/mol. The topological polar surface area (TPSA) is 116 Å². The van der Waals surface area contributed by atoms with Crippen LogP contribution >= 0.6 is 0 Å². The minimum atomic E-state index is -1.82. The maximum absolute atomic E-state index is 12.8. The van der Waals surface area contributed by atoms with Crippen LogP contribution in [0.25, 0.3) is 11.1 Å². The highest BCUT2D eigenvalue weighted by atomic mass is 16.5. The smallest absolute Gasteiger partial charge is 0.359 e. The molecular weight excluding hydrogens is 354 g/mol. The van der Waals surface area contributed by atoms with Gasteiger partial charge in [-0.05, 0) is 30.3 Å². The third-order valence-electron chi connectivity index (χ3n) is 3.97. The van der Waals surface area contributed by atoms with Crippen molar-refractivity contribution in [1.82, 2.24) is 4.98 Å². The van der Waals surface area contributed by atoms with Crippen molar-refractivity contribution in [1.29, 1.82) is 0 Å². The van der Waals surface area contributed by atoms with Crippen molar-refractivity contribution in [2.75, 3.05) is 14.2 Å². The summed E-state index contributed by atoms with van der Waals surface area (Å²) in [5.41, 5.74) is -0.947. The molecule has 3 rings (SSSR count). The van der Waals surface area contributed by atoms with Crippen molar-refractivity contribution in [2.45, 2.75) is 5.92 Å². The summed E-state index contributed by atoms with van der Waals surface area (Å²) in [5, 5.41) is 9.58. The summed E-state index contributed by atoms with van der Waals surface area (Å²) in [6.07, 6.45) is 0. The highest BCUT2D eigenvalue weighted by Crippen LogP contribution is 2.30. The van der Waals surface area contributed by atoms with Crippen molar-refractivity contribution in [3.8, 4) is 11.5 Å². The molecule has 1 N–H and O–H groups in total. The summed E-state index contributed by atoms with van der Waals surface area (Å²) >= 11 is 0. The Morgan fingerprint density at radius 1 is 1.07 bits per heavy atom. The number of aromatic nitrogens is 1. The Morgan fingerprint density at radius 2 is 1.78 bits per heavy atom. The Kier molecular flexibility index (Phi) is 4.89. The first-order chi connectivity index (χ1) is 13.0. The average molecular weight is 369 g/mol. The van der Waals surface area contributed by atoms with E-state index in [4.69, 9.17) is 13.9 Å². The van der Waals surface area contributed by atoms with Gasteiger partial charge in [0.25, 0.3) is 0 Å². The first kappa shape index (κ1) is 18.1. The van der Waals surface area contributed by atoms with Gasteiger partial charge in [0, 0.05) is 5.56 Å². The van der Waals surface area contributed by atoms with Gasteiger partial charge in [-0.2, -0.15) is 0 Å². The van der Waals surface area contributed by atoms with E-state index in [1.54, 1.807) is 18.2 Å². The molecule has 0 saturated carbocycles. The van der Waals surface area contributed by atoms with Crippen LogP contribution in [-0.4, -0.2) is 36.1 Å². The summed E-state index contributed by atoms with van der Waals surface area (Å²) in [6, 6.07) is 10.6. The number of Topliss-reactive ketones (excluding diaryl/α,β-unsaturated/α-hetero) is 1. The van der Waals surface area contributed by atoms with Crippen LogP contribution in [-0.2, 0) is 4.79 Å². The summed E-state index contributed by atoms with van der Waals surface area (Å²) in [5.74, 6) is -3.51. The number of carboxylic acid groups (broad SMARTS) is 1. The second-order valence-electron chi connectivity index (χ2n) is 5.56. The molecule has 0 saturated heterocycles. The molecule has 1 atom stereocenters. The number of hydrogen-bond acceptors (Lipinski definition) is 7. The molecule has 27 heavy (non-hydrogen) atoms. The molecule has 8 heteroatoms. The van der Waals surface area contributed by atoms with Crippen LogP contribution in [0.3, 0.4) is 0 Å². The van der Waals surface area contributed by atoms with Gasteiger partial charge in [0.15, 0.2) is 28.8 Å². The molecule has 2 aromatic carbocycles. The zero-order valence-electron chi connectivity index (χ0n) is 14.5. The number of hydrogen-bond donors (Lipinski definition) is 1. The fourth-order valence-corrected chi connectivity index (χ4v) is 2.66. The standard InChI is InChI=1S/C19H15NO7/c1-25-13-8-7-10(9-14(13)26-2)17(21)15(18(22)23)16-19(24)27-12-6-4-3-5-11(12)20-16/h3-9,15H,1-2H3,(H,22,23). The maximum Gasteiger partial charge on any atom is 0.359 e. The SMILES string of the molecule is COc1ccc(C(=O)C(C(=O)O)c2nc3ccccc3oc2=O)cc1OC. The highest BCUT2D eigenvalue weighted by Gasteiger charge is 2.34. The molecule has 0 bridgehead atoms. The Hall–Kier alpha value is -3.68. The third kappa shape index (κ3) is 3.37. The maximum atomic E-state index is 12.8. The number of fused-ring (bicyclic) bond motifs is 1. The molecule has 0 aliphatic carbocycles. The van der Waals surface area contributed by atoms with Crippen LogP contribution < -0.4 is 15.1 Å². The lowest BCUT2D eigenvalue weighted by atomic mass is 9.94. The lowest BCUT2D eigenvalue weighted by molar-refractivity contribution is -0.137. The van der Waals surface area contributed by atoms with E-state index in [1.807, 2.05) is 0 Å². The largest absolute Gasteiger partial charge is 0.493 e. The van der Waals surface area contributed by atoms with E-state index in [2.05, 4.69) is 4.98 Å². The Bertz CT molecular complexity index is 1090. The first-order valence-electron chi connectivity index (χ1n) is 7.85. The van der Waals surface area contributed by atoms with Crippen LogP contribution in [0.5, 0.6) is 11.5 Å². The lowest BCUT2D eigenvalue weighted by Gasteiger charge is -2.13. The summed E-state index contributed by atoms with van der Waals surface area (Å²) in [6.45, 7) is 0. The third-order valence-corrected chi connectivity index (χ3v) is 3.97. The van der Waals surface area contributed by atoms with E-state index in [0.29, 0.717) is 5.75 Å². The van der Waals surface area contributed by atoms with Gasteiger partial charge >= 0.3 is 11.6 Å². The average Bonchev–Trinajstić information content (AvgIpc) is 2.67. The number of carbonyl (C=O) groups excluding carboxylic acids is 1. The fourth-order valence-electron chi connectivity index (χ4n) is 2.66. The molecule has 8 nitrogen and oxygen atoms in total. The number of ether oxygens (including phenoxy) is 2. The van der Waals surface area contributed by atoms with Crippen LogP contribution in [0.4, 0.5) is 0 Å². The van der Waals surface area contributed by atoms with Gasteiger partial charge in [0.05, 0.1) is 14.2 Å². The van der Waals surface area contributed by atoms with E-state index in [1.165, 1.54) is 38.5 Å². The van der Waals surface area contributed by atoms with E-state index >= 15 is 0 Å². The Balaban J connectivity index is 2.11. The van der Waals surface area contributed by atoms with Crippen LogP contribution in [0, 0.1) is 0 Å².